The van der Waals surface area contributed by atoms with Crippen LogP contribution < -0.4 is 20.1 Å². The minimum Gasteiger partial charge on any atom is -0.496 e. The van der Waals surface area contributed by atoms with Crippen molar-refractivity contribution < 1.29 is 14.3 Å². The van der Waals surface area contributed by atoms with Gasteiger partial charge in [0.25, 0.3) is 0 Å². The van der Waals surface area contributed by atoms with Gasteiger partial charge in [-0.3, -0.25) is 0 Å². The summed E-state index contributed by atoms with van der Waals surface area (Å²) < 4.78 is 10.6. The molecule has 2 amide bonds. The molecule has 5 nitrogen and oxygen atoms in total. The van der Waals surface area contributed by atoms with Crippen molar-refractivity contribution in [2.24, 2.45) is 0 Å². The number of urea groups is 1. The van der Waals surface area contributed by atoms with Gasteiger partial charge in [0, 0.05) is 11.4 Å². The van der Waals surface area contributed by atoms with Gasteiger partial charge < -0.3 is 20.1 Å². The first kappa shape index (κ1) is 17.7. The molecule has 0 heterocycles. The average Bonchev–Trinajstić information content (AvgIpc) is 2.56. The molecular weight excluding hydrogens is 304 g/mol. The Morgan fingerprint density at radius 1 is 0.708 bits per heavy atom. The number of anilines is 2. The SMILES string of the molecule is COc1ccc(NC(=O)Nc2ccc(OC)c(C)c2C)c(C)c1C. The van der Waals surface area contributed by atoms with Gasteiger partial charge in [-0.05, 0) is 74.2 Å². The number of carbonyl (C=O) groups excluding carboxylic acids is 1. The molecule has 0 bridgehead atoms. The van der Waals surface area contributed by atoms with Crippen molar-refractivity contribution in [3.8, 4) is 11.5 Å². The Balaban J connectivity index is 2.18. The van der Waals surface area contributed by atoms with Gasteiger partial charge in [0.1, 0.15) is 11.5 Å². The Labute approximate surface area is 143 Å². The molecule has 2 N–H and O–H groups in total. The van der Waals surface area contributed by atoms with Gasteiger partial charge >= 0.3 is 6.03 Å². The van der Waals surface area contributed by atoms with E-state index in [4.69, 9.17) is 9.47 Å². The molecule has 0 saturated carbocycles. The number of amides is 2. The predicted octanol–water partition coefficient (Wildman–Crippen LogP) is 4.58. The molecule has 0 aliphatic heterocycles. The van der Waals surface area contributed by atoms with Crippen LogP contribution in [0.25, 0.3) is 0 Å². The molecule has 2 aromatic carbocycles. The maximum atomic E-state index is 12.3. The van der Waals surface area contributed by atoms with E-state index in [9.17, 15) is 4.79 Å². The molecule has 0 unspecified atom stereocenters. The van der Waals surface area contributed by atoms with Crippen molar-refractivity contribution in [1.82, 2.24) is 0 Å². The van der Waals surface area contributed by atoms with Crippen molar-refractivity contribution >= 4 is 17.4 Å². The van der Waals surface area contributed by atoms with Crippen molar-refractivity contribution in [3.05, 3.63) is 46.5 Å². The van der Waals surface area contributed by atoms with Crippen LogP contribution in [0.15, 0.2) is 24.3 Å². The summed E-state index contributed by atoms with van der Waals surface area (Å²) in [6, 6.07) is 7.09. The number of nitrogens with one attached hydrogen (secondary N) is 2. The first-order valence-corrected chi connectivity index (χ1v) is 7.75. The zero-order valence-electron chi connectivity index (χ0n) is 15.0. The molecule has 24 heavy (non-hydrogen) atoms. The molecule has 0 fully saturated rings. The highest BCUT2D eigenvalue weighted by atomic mass is 16.5. The molecular formula is C19H24N2O3. The van der Waals surface area contributed by atoms with Crippen LogP contribution in [-0.4, -0.2) is 20.3 Å². The van der Waals surface area contributed by atoms with Crippen LogP contribution in [0.2, 0.25) is 0 Å². The highest BCUT2D eigenvalue weighted by molar-refractivity contribution is 6.01. The van der Waals surface area contributed by atoms with Crippen LogP contribution in [0, 0.1) is 27.7 Å². The first-order valence-electron chi connectivity index (χ1n) is 7.75. The van der Waals surface area contributed by atoms with Crippen LogP contribution in [0.4, 0.5) is 16.2 Å². The second kappa shape index (κ2) is 7.25. The van der Waals surface area contributed by atoms with Crippen molar-refractivity contribution in [1.29, 1.82) is 0 Å². The first-order chi connectivity index (χ1) is 11.4. The van der Waals surface area contributed by atoms with Gasteiger partial charge in [-0.1, -0.05) is 0 Å². The number of hydrogen-bond acceptors (Lipinski definition) is 3. The quantitative estimate of drug-likeness (QED) is 0.863. The number of benzene rings is 2. The molecule has 0 aromatic heterocycles. The minimum atomic E-state index is -0.282. The van der Waals surface area contributed by atoms with Crippen LogP contribution >= 0.6 is 0 Å². The van der Waals surface area contributed by atoms with E-state index in [2.05, 4.69) is 10.6 Å². The summed E-state index contributed by atoms with van der Waals surface area (Å²) in [4.78, 5) is 12.3. The molecule has 0 aliphatic carbocycles. The largest absolute Gasteiger partial charge is 0.496 e. The monoisotopic (exact) mass is 328 g/mol. The van der Waals surface area contributed by atoms with Crippen LogP contribution in [0.5, 0.6) is 11.5 Å². The molecule has 0 radical (unpaired) electrons. The molecule has 128 valence electrons. The van der Waals surface area contributed by atoms with Crippen molar-refractivity contribution in [3.63, 3.8) is 0 Å². The number of methoxy groups -OCH3 is 2. The highest BCUT2D eigenvalue weighted by Gasteiger charge is 2.12. The molecule has 2 rings (SSSR count). The van der Waals surface area contributed by atoms with Crippen molar-refractivity contribution in [2.75, 3.05) is 24.9 Å². The summed E-state index contributed by atoms with van der Waals surface area (Å²) in [6.07, 6.45) is 0. The van der Waals surface area contributed by atoms with Gasteiger partial charge in [-0.2, -0.15) is 0 Å². The van der Waals surface area contributed by atoms with Gasteiger partial charge in [0.05, 0.1) is 14.2 Å². The highest BCUT2D eigenvalue weighted by Crippen LogP contribution is 2.29. The lowest BCUT2D eigenvalue weighted by Gasteiger charge is -2.16. The third-order valence-corrected chi connectivity index (χ3v) is 4.41. The van der Waals surface area contributed by atoms with E-state index in [1.807, 2.05) is 52.0 Å². The Morgan fingerprint density at radius 2 is 1.08 bits per heavy atom. The maximum absolute atomic E-state index is 12.3. The van der Waals surface area contributed by atoms with E-state index in [0.29, 0.717) is 0 Å². The van der Waals surface area contributed by atoms with Gasteiger partial charge in [0.2, 0.25) is 0 Å². The number of ether oxygens (including phenoxy) is 2. The normalized spacial score (nSPS) is 10.2. The van der Waals surface area contributed by atoms with Gasteiger partial charge in [0.15, 0.2) is 0 Å². The molecule has 0 saturated heterocycles. The smallest absolute Gasteiger partial charge is 0.323 e. The third-order valence-electron chi connectivity index (χ3n) is 4.41. The maximum Gasteiger partial charge on any atom is 0.323 e. The Kier molecular flexibility index (Phi) is 5.34. The zero-order chi connectivity index (χ0) is 17.9. The fourth-order valence-electron chi connectivity index (χ4n) is 2.58. The summed E-state index contributed by atoms with van der Waals surface area (Å²) in [6.45, 7) is 7.84. The Bertz CT molecular complexity index is 706. The van der Waals surface area contributed by atoms with E-state index in [1.165, 1.54) is 0 Å². The predicted molar refractivity (Wildman–Crippen MR) is 97.6 cm³/mol. The molecule has 2 aromatic rings. The van der Waals surface area contributed by atoms with E-state index in [-0.39, 0.29) is 6.03 Å². The lowest BCUT2D eigenvalue weighted by atomic mass is 10.1. The Hall–Kier alpha value is -2.69. The zero-order valence-corrected chi connectivity index (χ0v) is 15.0. The lowest BCUT2D eigenvalue weighted by molar-refractivity contribution is 0.262. The summed E-state index contributed by atoms with van der Waals surface area (Å²) in [5.74, 6) is 1.61. The summed E-state index contributed by atoms with van der Waals surface area (Å²) in [5.41, 5.74) is 5.49. The van der Waals surface area contributed by atoms with Crippen LogP contribution in [-0.2, 0) is 0 Å². The number of rotatable bonds is 4. The fourth-order valence-corrected chi connectivity index (χ4v) is 2.58. The summed E-state index contributed by atoms with van der Waals surface area (Å²) >= 11 is 0. The summed E-state index contributed by atoms with van der Waals surface area (Å²) in [5, 5.41) is 5.78. The third kappa shape index (κ3) is 3.45. The molecule has 0 aliphatic rings. The number of carbonyl (C=O) groups is 1. The van der Waals surface area contributed by atoms with Crippen LogP contribution in [0.3, 0.4) is 0 Å². The second-order valence-electron chi connectivity index (χ2n) is 5.71. The topological polar surface area (TPSA) is 59.6 Å². The fraction of sp³-hybridized carbons (Fsp3) is 0.316. The molecule has 0 atom stereocenters. The summed E-state index contributed by atoms with van der Waals surface area (Å²) in [7, 11) is 3.27. The van der Waals surface area contributed by atoms with Gasteiger partial charge in [-0.15, -0.1) is 0 Å². The molecule has 0 spiro atoms. The van der Waals surface area contributed by atoms with E-state index >= 15 is 0 Å². The minimum absolute atomic E-state index is 0.282. The standard InChI is InChI=1S/C19H24N2O3/c1-11-13(3)17(23-5)9-7-15(11)20-19(22)21-16-8-10-18(24-6)14(4)12(16)2/h7-10H,1-6H3,(H2,20,21,22). The lowest BCUT2D eigenvalue weighted by Crippen LogP contribution is -2.21. The van der Waals surface area contributed by atoms with E-state index < -0.39 is 0 Å². The van der Waals surface area contributed by atoms with Crippen LogP contribution in [0.1, 0.15) is 22.3 Å². The van der Waals surface area contributed by atoms with E-state index in [1.54, 1.807) is 14.2 Å². The average molecular weight is 328 g/mol. The Morgan fingerprint density at radius 3 is 1.42 bits per heavy atom. The number of hydrogen-bond donors (Lipinski definition) is 2. The van der Waals surface area contributed by atoms with Gasteiger partial charge in [-0.25, -0.2) is 4.79 Å². The second-order valence-corrected chi connectivity index (χ2v) is 5.71. The van der Waals surface area contributed by atoms with Crippen molar-refractivity contribution in [2.45, 2.75) is 27.7 Å². The van der Waals surface area contributed by atoms with E-state index in [0.717, 1.165) is 45.1 Å². The molecule has 5 heteroatoms.